The Morgan fingerprint density at radius 2 is 1.94 bits per heavy atom. The van der Waals surface area contributed by atoms with E-state index in [9.17, 15) is 4.79 Å². The molecule has 158 valence electrons. The number of carbonyl (C=O) groups excluding carboxylic acids is 1. The third-order valence-corrected chi connectivity index (χ3v) is 5.85. The van der Waals surface area contributed by atoms with Gasteiger partial charge in [-0.3, -0.25) is 4.79 Å². The molecule has 4 aromatic rings. The summed E-state index contributed by atoms with van der Waals surface area (Å²) in [6.07, 6.45) is 3.93. The quantitative estimate of drug-likeness (QED) is 0.413. The van der Waals surface area contributed by atoms with Crippen molar-refractivity contribution in [2.75, 3.05) is 5.75 Å². The summed E-state index contributed by atoms with van der Waals surface area (Å²) in [4.78, 5) is 24.3. The lowest BCUT2D eigenvalue weighted by Gasteiger charge is -2.14. The number of amides is 1. The summed E-state index contributed by atoms with van der Waals surface area (Å²) in [6, 6.07) is 18.0. The fourth-order valence-electron chi connectivity index (χ4n) is 3.25. The smallest absolute Gasteiger partial charge is 0.230 e. The Labute approximate surface area is 185 Å². The first-order valence-corrected chi connectivity index (χ1v) is 11.0. The van der Waals surface area contributed by atoms with E-state index in [-0.39, 0.29) is 11.9 Å². The summed E-state index contributed by atoms with van der Waals surface area (Å²) < 4.78 is 1.70. The minimum absolute atomic E-state index is 0.0310. The minimum atomic E-state index is -0.0927. The maximum Gasteiger partial charge on any atom is 0.230 e. The summed E-state index contributed by atoms with van der Waals surface area (Å²) in [5.41, 5.74) is 5.22. The van der Waals surface area contributed by atoms with Crippen molar-refractivity contribution in [3.8, 4) is 5.69 Å². The Hall–Kier alpha value is -3.39. The fourth-order valence-corrected chi connectivity index (χ4v) is 4.01. The molecule has 0 saturated heterocycles. The standard InChI is InChI=1S/C23H24N6OS/c1-16(19-8-10-20(11-9-19)29-15-24-14-25-29)26-22(30)13-31-23-27-17(2)21(28-23)12-18-6-4-3-5-7-18/h3-11,14-16H,12-13H2,1-2H3,(H,26,30)(H,27,28)/t16-/m0/s1. The van der Waals surface area contributed by atoms with Gasteiger partial charge in [0.1, 0.15) is 12.7 Å². The highest BCUT2D eigenvalue weighted by Gasteiger charge is 2.13. The van der Waals surface area contributed by atoms with Crippen LogP contribution in [0.3, 0.4) is 0 Å². The lowest BCUT2D eigenvalue weighted by molar-refractivity contribution is -0.119. The van der Waals surface area contributed by atoms with Crippen LogP contribution in [0.4, 0.5) is 0 Å². The number of aryl methyl sites for hydroxylation is 1. The lowest BCUT2D eigenvalue weighted by Crippen LogP contribution is -2.28. The zero-order chi connectivity index (χ0) is 21.6. The minimum Gasteiger partial charge on any atom is -0.349 e. The molecule has 7 nitrogen and oxygen atoms in total. The number of aromatic amines is 1. The Bertz CT molecular complexity index is 1120. The van der Waals surface area contributed by atoms with E-state index >= 15 is 0 Å². The van der Waals surface area contributed by atoms with Gasteiger partial charge in [-0.2, -0.15) is 5.10 Å². The number of nitrogens with zero attached hydrogens (tertiary/aromatic N) is 4. The number of hydrogen-bond donors (Lipinski definition) is 2. The van der Waals surface area contributed by atoms with Gasteiger partial charge in [-0.25, -0.2) is 14.6 Å². The molecule has 2 aromatic heterocycles. The van der Waals surface area contributed by atoms with Crippen LogP contribution in [0.2, 0.25) is 0 Å². The second-order valence-corrected chi connectivity index (χ2v) is 8.25. The van der Waals surface area contributed by atoms with E-state index in [0.717, 1.165) is 34.2 Å². The Morgan fingerprint density at radius 3 is 2.65 bits per heavy atom. The molecule has 31 heavy (non-hydrogen) atoms. The number of carbonyl (C=O) groups is 1. The molecule has 0 saturated carbocycles. The highest BCUT2D eigenvalue weighted by Crippen LogP contribution is 2.20. The molecule has 0 aliphatic rings. The van der Waals surface area contributed by atoms with Crippen molar-refractivity contribution in [1.82, 2.24) is 30.0 Å². The zero-order valence-corrected chi connectivity index (χ0v) is 18.3. The third kappa shape index (κ3) is 5.40. The van der Waals surface area contributed by atoms with Crippen LogP contribution in [0.25, 0.3) is 5.69 Å². The molecule has 0 radical (unpaired) electrons. The van der Waals surface area contributed by atoms with Crippen LogP contribution < -0.4 is 5.32 Å². The molecule has 0 aliphatic carbocycles. The monoisotopic (exact) mass is 432 g/mol. The van der Waals surface area contributed by atoms with Crippen LogP contribution in [0, 0.1) is 6.92 Å². The molecular formula is C23H24N6OS. The third-order valence-electron chi connectivity index (χ3n) is 4.97. The SMILES string of the molecule is Cc1[nH]c(SCC(=O)N[C@@H](C)c2ccc(-n3cncn3)cc2)nc1Cc1ccccc1. The number of aromatic nitrogens is 5. The van der Waals surface area contributed by atoms with E-state index in [1.807, 2.05) is 56.3 Å². The zero-order valence-electron chi connectivity index (χ0n) is 17.4. The fraction of sp³-hybridized carbons (Fsp3) is 0.217. The number of rotatable bonds is 8. The average Bonchev–Trinajstić information content (AvgIpc) is 3.44. The van der Waals surface area contributed by atoms with Gasteiger partial charge in [0, 0.05) is 12.1 Å². The molecule has 0 fully saturated rings. The molecule has 1 atom stereocenters. The van der Waals surface area contributed by atoms with E-state index < -0.39 is 0 Å². The summed E-state index contributed by atoms with van der Waals surface area (Å²) in [5, 5.41) is 7.93. The van der Waals surface area contributed by atoms with Gasteiger partial charge in [-0.05, 0) is 37.1 Å². The average molecular weight is 433 g/mol. The molecule has 2 N–H and O–H groups in total. The first-order chi connectivity index (χ1) is 15.1. The van der Waals surface area contributed by atoms with Crippen LogP contribution in [0.15, 0.2) is 72.4 Å². The van der Waals surface area contributed by atoms with E-state index in [1.165, 1.54) is 23.7 Å². The number of hydrogen-bond acceptors (Lipinski definition) is 5. The predicted octanol–water partition coefficient (Wildman–Crippen LogP) is 3.86. The van der Waals surface area contributed by atoms with E-state index in [2.05, 4.69) is 37.5 Å². The molecule has 2 aromatic carbocycles. The van der Waals surface area contributed by atoms with Crippen LogP contribution in [0.1, 0.15) is 35.5 Å². The van der Waals surface area contributed by atoms with Crippen molar-refractivity contribution in [3.05, 3.63) is 89.8 Å². The highest BCUT2D eigenvalue weighted by molar-refractivity contribution is 7.99. The summed E-state index contributed by atoms with van der Waals surface area (Å²) in [7, 11) is 0. The van der Waals surface area contributed by atoms with Gasteiger partial charge in [0.2, 0.25) is 5.91 Å². The maximum atomic E-state index is 12.4. The highest BCUT2D eigenvalue weighted by atomic mass is 32.2. The van der Waals surface area contributed by atoms with Crippen LogP contribution in [0.5, 0.6) is 0 Å². The summed E-state index contributed by atoms with van der Waals surface area (Å²) >= 11 is 1.41. The first kappa shape index (κ1) is 20.9. The van der Waals surface area contributed by atoms with Gasteiger partial charge < -0.3 is 10.3 Å². The first-order valence-electron chi connectivity index (χ1n) is 10.0. The van der Waals surface area contributed by atoms with Crippen molar-refractivity contribution >= 4 is 17.7 Å². The van der Waals surface area contributed by atoms with Gasteiger partial charge in [-0.1, -0.05) is 54.2 Å². The molecule has 1 amide bonds. The van der Waals surface area contributed by atoms with E-state index in [4.69, 9.17) is 0 Å². The second kappa shape index (κ2) is 9.61. The molecule has 0 spiro atoms. The number of benzene rings is 2. The van der Waals surface area contributed by atoms with Crippen LogP contribution >= 0.6 is 11.8 Å². The van der Waals surface area contributed by atoms with Crippen molar-refractivity contribution in [3.63, 3.8) is 0 Å². The predicted molar refractivity (Wildman–Crippen MR) is 121 cm³/mol. The second-order valence-electron chi connectivity index (χ2n) is 7.29. The molecular weight excluding hydrogens is 408 g/mol. The van der Waals surface area contributed by atoms with E-state index in [1.54, 1.807) is 11.0 Å². The topological polar surface area (TPSA) is 88.5 Å². The van der Waals surface area contributed by atoms with Gasteiger partial charge >= 0.3 is 0 Å². The Kier molecular flexibility index (Phi) is 6.47. The number of thioether (sulfide) groups is 1. The number of nitrogens with one attached hydrogen (secondary N) is 2. The summed E-state index contributed by atoms with van der Waals surface area (Å²) in [6.45, 7) is 3.99. The molecule has 4 rings (SSSR count). The Morgan fingerprint density at radius 1 is 1.16 bits per heavy atom. The van der Waals surface area contributed by atoms with Gasteiger partial charge in [0.05, 0.1) is 23.2 Å². The maximum absolute atomic E-state index is 12.4. The van der Waals surface area contributed by atoms with Crippen molar-refractivity contribution in [2.24, 2.45) is 0 Å². The normalized spacial score (nSPS) is 11.9. The van der Waals surface area contributed by atoms with Crippen LogP contribution in [-0.4, -0.2) is 36.4 Å². The molecule has 8 heteroatoms. The molecule has 0 unspecified atom stereocenters. The van der Waals surface area contributed by atoms with Crippen molar-refractivity contribution in [1.29, 1.82) is 0 Å². The summed E-state index contributed by atoms with van der Waals surface area (Å²) in [5.74, 6) is 0.274. The molecule has 0 aliphatic heterocycles. The Balaban J connectivity index is 1.29. The number of H-pyrrole nitrogens is 1. The van der Waals surface area contributed by atoms with Crippen LogP contribution in [-0.2, 0) is 11.2 Å². The van der Waals surface area contributed by atoms with Gasteiger partial charge in [-0.15, -0.1) is 0 Å². The molecule has 0 bridgehead atoms. The van der Waals surface area contributed by atoms with Gasteiger partial charge in [0.15, 0.2) is 5.16 Å². The van der Waals surface area contributed by atoms with E-state index in [0.29, 0.717) is 5.75 Å². The lowest BCUT2D eigenvalue weighted by atomic mass is 10.1. The van der Waals surface area contributed by atoms with Gasteiger partial charge in [0.25, 0.3) is 0 Å². The van der Waals surface area contributed by atoms with Crippen molar-refractivity contribution in [2.45, 2.75) is 31.5 Å². The molecule has 2 heterocycles. The largest absolute Gasteiger partial charge is 0.349 e. The number of imidazole rings is 1. The van der Waals surface area contributed by atoms with Crippen molar-refractivity contribution < 1.29 is 4.79 Å².